The van der Waals surface area contributed by atoms with E-state index in [4.69, 9.17) is 19.9 Å². The van der Waals surface area contributed by atoms with E-state index in [-0.39, 0.29) is 6.61 Å². The zero-order chi connectivity index (χ0) is 12.8. The number of carbonyl (C=O) groups is 1. The largest absolute Gasteiger partial charge is 0.497 e. The van der Waals surface area contributed by atoms with Gasteiger partial charge >= 0.3 is 5.97 Å². The fraction of sp³-hybridized carbons (Fsp3) is 0.364. The molecule has 1 aromatic rings. The first-order valence-electron chi connectivity index (χ1n) is 4.89. The lowest BCUT2D eigenvalue weighted by molar-refractivity contribution is 0.0388. The van der Waals surface area contributed by atoms with E-state index in [9.17, 15) is 4.79 Å². The van der Waals surface area contributed by atoms with E-state index in [1.807, 2.05) is 0 Å². The number of hydrogen-bond donors (Lipinski definition) is 1. The number of rotatable bonds is 5. The quantitative estimate of drug-likeness (QED) is 0.510. The van der Waals surface area contributed by atoms with Crippen molar-refractivity contribution in [1.29, 1.82) is 0 Å². The van der Waals surface area contributed by atoms with Gasteiger partial charge in [-0.1, -0.05) is 0 Å². The zero-order valence-corrected chi connectivity index (χ0v) is 11.2. The van der Waals surface area contributed by atoms with Gasteiger partial charge in [0.05, 0.1) is 25.0 Å². The van der Waals surface area contributed by atoms with E-state index in [0.29, 0.717) is 28.1 Å². The monoisotopic (exact) mass is 303 g/mol. The van der Waals surface area contributed by atoms with Crippen molar-refractivity contribution in [2.75, 3.05) is 33.2 Å². The van der Waals surface area contributed by atoms with E-state index in [1.165, 1.54) is 14.2 Å². The summed E-state index contributed by atoms with van der Waals surface area (Å²) < 4.78 is 15.3. The highest BCUT2D eigenvalue weighted by Gasteiger charge is 2.16. The van der Waals surface area contributed by atoms with E-state index >= 15 is 0 Å². The summed E-state index contributed by atoms with van der Waals surface area (Å²) in [5.41, 5.74) is 6.36. The summed E-state index contributed by atoms with van der Waals surface area (Å²) in [6, 6.07) is 3.22. The number of nitrogen functional groups attached to an aromatic ring is 1. The van der Waals surface area contributed by atoms with Crippen LogP contribution in [-0.2, 0) is 9.47 Å². The molecule has 94 valence electrons. The molecule has 6 heteroatoms. The number of anilines is 1. The Bertz CT molecular complexity index is 385. The number of carbonyl (C=O) groups excluding carboxylic acids is 1. The second-order valence-corrected chi connectivity index (χ2v) is 4.06. The normalized spacial score (nSPS) is 10.1. The third kappa shape index (κ3) is 3.61. The summed E-state index contributed by atoms with van der Waals surface area (Å²) in [5.74, 6) is 0.0805. The number of methoxy groups -OCH3 is 2. The molecular weight excluding hydrogens is 290 g/mol. The molecule has 0 aliphatic rings. The molecule has 0 bridgehead atoms. The van der Waals surface area contributed by atoms with Crippen molar-refractivity contribution in [1.82, 2.24) is 0 Å². The number of ether oxygens (including phenoxy) is 3. The Kier molecular flexibility index (Phi) is 5.24. The van der Waals surface area contributed by atoms with Crippen LogP contribution in [0.2, 0.25) is 0 Å². The van der Waals surface area contributed by atoms with Crippen molar-refractivity contribution in [3.8, 4) is 5.75 Å². The molecular formula is C11H14BrNO4. The fourth-order valence-electron chi connectivity index (χ4n) is 1.23. The van der Waals surface area contributed by atoms with Gasteiger partial charge in [0.2, 0.25) is 0 Å². The molecule has 0 heterocycles. The lowest BCUT2D eigenvalue weighted by Gasteiger charge is -2.10. The molecule has 17 heavy (non-hydrogen) atoms. The van der Waals surface area contributed by atoms with Gasteiger partial charge in [0.1, 0.15) is 12.4 Å². The Morgan fingerprint density at radius 2 is 2.06 bits per heavy atom. The van der Waals surface area contributed by atoms with Crippen LogP contribution in [0.5, 0.6) is 5.75 Å². The molecule has 5 nitrogen and oxygen atoms in total. The van der Waals surface area contributed by atoms with Gasteiger partial charge in [-0.05, 0) is 22.0 Å². The molecule has 0 spiro atoms. The molecule has 0 saturated carbocycles. The molecule has 0 aliphatic carbocycles. The molecule has 0 unspecified atom stereocenters. The number of benzene rings is 1. The van der Waals surface area contributed by atoms with E-state index in [2.05, 4.69) is 15.9 Å². The topological polar surface area (TPSA) is 70.8 Å². The van der Waals surface area contributed by atoms with Crippen LogP contribution in [0, 0.1) is 0 Å². The Balaban J connectivity index is 2.86. The second-order valence-electron chi connectivity index (χ2n) is 3.20. The average Bonchev–Trinajstić information content (AvgIpc) is 2.28. The molecule has 0 amide bonds. The predicted octanol–water partition coefficient (Wildman–Crippen LogP) is 1.84. The molecule has 0 radical (unpaired) electrons. The van der Waals surface area contributed by atoms with Crippen molar-refractivity contribution >= 4 is 27.6 Å². The maximum atomic E-state index is 11.7. The van der Waals surface area contributed by atoms with Gasteiger partial charge in [-0.15, -0.1) is 0 Å². The third-order valence-corrected chi connectivity index (χ3v) is 2.68. The maximum absolute atomic E-state index is 11.7. The van der Waals surface area contributed by atoms with Crippen LogP contribution in [0.25, 0.3) is 0 Å². The highest BCUT2D eigenvalue weighted by atomic mass is 79.9. The van der Waals surface area contributed by atoms with Gasteiger partial charge < -0.3 is 19.9 Å². The first-order valence-corrected chi connectivity index (χ1v) is 5.68. The molecule has 0 aliphatic heterocycles. The second kappa shape index (κ2) is 6.46. The molecule has 0 fully saturated rings. The van der Waals surface area contributed by atoms with Gasteiger partial charge in [0.15, 0.2) is 0 Å². The fourth-order valence-corrected chi connectivity index (χ4v) is 1.84. The van der Waals surface area contributed by atoms with Gasteiger partial charge in [-0.25, -0.2) is 4.79 Å². The van der Waals surface area contributed by atoms with Crippen LogP contribution in [0.3, 0.4) is 0 Å². The van der Waals surface area contributed by atoms with Crippen LogP contribution in [-0.4, -0.2) is 33.4 Å². The third-order valence-electron chi connectivity index (χ3n) is 2.05. The van der Waals surface area contributed by atoms with Crippen molar-refractivity contribution in [2.45, 2.75) is 0 Å². The van der Waals surface area contributed by atoms with Crippen LogP contribution in [0.15, 0.2) is 16.6 Å². The van der Waals surface area contributed by atoms with Crippen LogP contribution in [0.1, 0.15) is 10.4 Å². The SMILES string of the molecule is COCCOC(=O)c1c(N)cc(OC)cc1Br. The highest BCUT2D eigenvalue weighted by Crippen LogP contribution is 2.29. The standard InChI is InChI=1S/C11H14BrNO4/c1-15-3-4-17-11(14)10-8(12)5-7(16-2)6-9(10)13/h5-6H,3-4,13H2,1-2H3. The number of halogens is 1. The Hall–Kier alpha value is -1.27. The Labute approximate surface area is 108 Å². The van der Waals surface area contributed by atoms with E-state index in [0.717, 1.165) is 0 Å². The van der Waals surface area contributed by atoms with Gasteiger partial charge in [-0.2, -0.15) is 0 Å². The first kappa shape index (κ1) is 13.8. The van der Waals surface area contributed by atoms with Crippen LogP contribution < -0.4 is 10.5 Å². The summed E-state index contributed by atoms with van der Waals surface area (Å²) in [6.45, 7) is 0.534. The smallest absolute Gasteiger partial charge is 0.341 e. The van der Waals surface area contributed by atoms with Crippen molar-refractivity contribution < 1.29 is 19.0 Å². The van der Waals surface area contributed by atoms with Gasteiger partial charge in [-0.3, -0.25) is 0 Å². The average molecular weight is 304 g/mol. The summed E-state index contributed by atoms with van der Waals surface area (Å²) >= 11 is 3.26. The number of nitrogens with two attached hydrogens (primary N) is 1. The molecule has 1 aromatic carbocycles. The molecule has 0 aromatic heterocycles. The Morgan fingerprint density at radius 3 is 2.59 bits per heavy atom. The number of hydrogen-bond acceptors (Lipinski definition) is 5. The Morgan fingerprint density at radius 1 is 1.35 bits per heavy atom. The number of esters is 1. The summed E-state index contributed by atoms with van der Waals surface area (Å²) in [5, 5.41) is 0. The van der Waals surface area contributed by atoms with Crippen molar-refractivity contribution in [3.63, 3.8) is 0 Å². The summed E-state index contributed by atoms with van der Waals surface area (Å²) in [7, 11) is 3.06. The summed E-state index contributed by atoms with van der Waals surface area (Å²) in [4.78, 5) is 11.7. The van der Waals surface area contributed by atoms with Crippen LogP contribution in [0.4, 0.5) is 5.69 Å². The zero-order valence-electron chi connectivity index (χ0n) is 9.66. The van der Waals surface area contributed by atoms with Crippen LogP contribution >= 0.6 is 15.9 Å². The molecule has 0 saturated heterocycles. The first-order chi connectivity index (χ1) is 8.10. The molecule has 0 atom stereocenters. The van der Waals surface area contributed by atoms with Crippen molar-refractivity contribution in [3.05, 3.63) is 22.2 Å². The maximum Gasteiger partial charge on any atom is 0.341 e. The van der Waals surface area contributed by atoms with E-state index < -0.39 is 5.97 Å². The minimum Gasteiger partial charge on any atom is -0.497 e. The lowest BCUT2D eigenvalue weighted by atomic mass is 10.2. The van der Waals surface area contributed by atoms with Crippen molar-refractivity contribution in [2.24, 2.45) is 0 Å². The molecule has 2 N–H and O–H groups in total. The minimum absolute atomic E-state index is 0.188. The highest BCUT2D eigenvalue weighted by molar-refractivity contribution is 9.10. The van der Waals surface area contributed by atoms with Gasteiger partial charge in [0.25, 0.3) is 0 Å². The summed E-state index contributed by atoms with van der Waals surface area (Å²) in [6.07, 6.45) is 0. The predicted molar refractivity (Wildman–Crippen MR) is 67.3 cm³/mol. The van der Waals surface area contributed by atoms with E-state index in [1.54, 1.807) is 12.1 Å². The van der Waals surface area contributed by atoms with Gasteiger partial charge in [0, 0.05) is 17.6 Å². The lowest BCUT2D eigenvalue weighted by Crippen LogP contribution is -2.12. The minimum atomic E-state index is -0.492. The molecule has 1 rings (SSSR count).